The largest absolute Gasteiger partial charge is 0.463 e. The van der Waals surface area contributed by atoms with Crippen molar-refractivity contribution in [3.05, 3.63) is 36.0 Å². The van der Waals surface area contributed by atoms with Crippen LogP contribution in [0, 0.1) is 0 Å². The number of nitrogens with one attached hydrogen (secondary N) is 1. The summed E-state index contributed by atoms with van der Waals surface area (Å²) < 4.78 is 11.5. The predicted octanol–water partition coefficient (Wildman–Crippen LogP) is 1.89. The molecule has 0 radical (unpaired) electrons. The summed E-state index contributed by atoms with van der Waals surface area (Å²) in [4.78, 5) is 11.4. The molecule has 0 unspecified atom stereocenters. The van der Waals surface area contributed by atoms with Gasteiger partial charge in [-0.3, -0.25) is 4.68 Å². The Morgan fingerprint density at radius 3 is 3.11 bits per heavy atom. The van der Waals surface area contributed by atoms with Crippen LogP contribution in [0.5, 0.6) is 0 Å². The summed E-state index contributed by atoms with van der Waals surface area (Å²) in [6, 6.07) is 1.74. The standard InChI is InChI=1S/C12H15N3O3/c1-3-15-8-10(7-14-15)13-6-9-4-5-18-11(9)12(16)17-2/h4-5,7-8,13H,3,6H2,1-2H3. The summed E-state index contributed by atoms with van der Waals surface area (Å²) >= 11 is 0. The Kier molecular flexibility index (Phi) is 3.66. The second kappa shape index (κ2) is 5.39. The molecule has 2 heterocycles. The van der Waals surface area contributed by atoms with E-state index in [1.165, 1.54) is 13.4 Å². The maximum absolute atomic E-state index is 11.4. The van der Waals surface area contributed by atoms with Crippen LogP contribution in [0.4, 0.5) is 5.69 Å². The van der Waals surface area contributed by atoms with Gasteiger partial charge >= 0.3 is 5.97 Å². The third-order valence-corrected chi connectivity index (χ3v) is 2.56. The number of rotatable bonds is 5. The molecule has 0 aliphatic heterocycles. The Morgan fingerprint density at radius 2 is 2.44 bits per heavy atom. The van der Waals surface area contributed by atoms with Gasteiger partial charge in [0, 0.05) is 24.8 Å². The number of hydrogen-bond donors (Lipinski definition) is 1. The van der Waals surface area contributed by atoms with Gasteiger partial charge < -0.3 is 14.5 Å². The SMILES string of the molecule is CCn1cc(NCc2ccoc2C(=O)OC)cn1. The molecule has 1 N–H and O–H groups in total. The lowest BCUT2D eigenvalue weighted by Gasteiger charge is -2.03. The van der Waals surface area contributed by atoms with Gasteiger partial charge in [-0.05, 0) is 13.0 Å². The maximum Gasteiger partial charge on any atom is 0.374 e. The molecule has 0 bridgehead atoms. The topological polar surface area (TPSA) is 69.3 Å². The fraction of sp³-hybridized carbons (Fsp3) is 0.333. The first-order valence-electron chi connectivity index (χ1n) is 5.65. The van der Waals surface area contributed by atoms with Crippen molar-refractivity contribution in [1.29, 1.82) is 0 Å². The Labute approximate surface area is 105 Å². The highest BCUT2D eigenvalue weighted by molar-refractivity contribution is 5.87. The Balaban J connectivity index is 2.02. The molecule has 0 aliphatic rings. The van der Waals surface area contributed by atoms with Crippen molar-refractivity contribution in [3.8, 4) is 0 Å². The molecule has 0 aliphatic carbocycles. The summed E-state index contributed by atoms with van der Waals surface area (Å²) in [5.74, 6) is -0.242. The molecule has 0 fully saturated rings. The molecular weight excluding hydrogens is 234 g/mol. The first-order chi connectivity index (χ1) is 8.74. The van der Waals surface area contributed by atoms with Crippen LogP contribution < -0.4 is 5.32 Å². The average molecular weight is 249 g/mol. The van der Waals surface area contributed by atoms with E-state index in [-0.39, 0.29) is 5.76 Å². The molecular formula is C12H15N3O3. The number of anilines is 1. The van der Waals surface area contributed by atoms with Crippen LogP contribution in [-0.2, 0) is 17.8 Å². The Morgan fingerprint density at radius 1 is 1.61 bits per heavy atom. The van der Waals surface area contributed by atoms with Gasteiger partial charge in [-0.15, -0.1) is 0 Å². The maximum atomic E-state index is 11.4. The first kappa shape index (κ1) is 12.2. The van der Waals surface area contributed by atoms with Crippen molar-refractivity contribution < 1.29 is 13.9 Å². The molecule has 2 aromatic rings. The van der Waals surface area contributed by atoms with Gasteiger partial charge in [0.25, 0.3) is 0 Å². The van der Waals surface area contributed by atoms with E-state index in [2.05, 4.69) is 15.2 Å². The van der Waals surface area contributed by atoms with Crippen LogP contribution in [0.1, 0.15) is 23.0 Å². The van der Waals surface area contributed by atoms with Crippen molar-refractivity contribution in [2.45, 2.75) is 20.0 Å². The van der Waals surface area contributed by atoms with E-state index in [0.29, 0.717) is 6.54 Å². The van der Waals surface area contributed by atoms with E-state index in [9.17, 15) is 4.79 Å². The van der Waals surface area contributed by atoms with Crippen LogP contribution >= 0.6 is 0 Å². The second-order valence-corrected chi connectivity index (χ2v) is 3.70. The Hall–Kier alpha value is -2.24. The van der Waals surface area contributed by atoms with E-state index >= 15 is 0 Å². The molecule has 0 aromatic carbocycles. The highest BCUT2D eigenvalue weighted by atomic mass is 16.5. The smallest absolute Gasteiger partial charge is 0.374 e. The quantitative estimate of drug-likeness (QED) is 0.819. The van der Waals surface area contributed by atoms with Gasteiger partial charge in [0.15, 0.2) is 0 Å². The molecule has 2 rings (SSSR count). The summed E-state index contributed by atoms with van der Waals surface area (Å²) in [5.41, 5.74) is 1.65. The number of aryl methyl sites for hydroxylation is 1. The number of nitrogens with zero attached hydrogens (tertiary/aromatic N) is 2. The van der Waals surface area contributed by atoms with Crippen molar-refractivity contribution >= 4 is 11.7 Å². The summed E-state index contributed by atoms with van der Waals surface area (Å²) in [5, 5.41) is 7.32. The molecule has 0 spiro atoms. The van der Waals surface area contributed by atoms with Crippen molar-refractivity contribution in [2.75, 3.05) is 12.4 Å². The summed E-state index contributed by atoms with van der Waals surface area (Å²) in [7, 11) is 1.33. The van der Waals surface area contributed by atoms with Gasteiger partial charge in [-0.25, -0.2) is 4.79 Å². The number of carbonyl (C=O) groups is 1. The number of hydrogen-bond acceptors (Lipinski definition) is 5. The molecule has 0 amide bonds. The molecule has 0 saturated carbocycles. The molecule has 18 heavy (non-hydrogen) atoms. The molecule has 6 heteroatoms. The summed E-state index contributed by atoms with van der Waals surface area (Å²) in [6.45, 7) is 3.32. The van der Waals surface area contributed by atoms with E-state index in [1.54, 1.807) is 12.3 Å². The van der Waals surface area contributed by atoms with Crippen LogP contribution in [0.25, 0.3) is 0 Å². The van der Waals surface area contributed by atoms with Crippen LogP contribution in [-0.4, -0.2) is 22.9 Å². The number of ether oxygens (including phenoxy) is 1. The molecule has 6 nitrogen and oxygen atoms in total. The van der Waals surface area contributed by atoms with Crippen LogP contribution in [0.15, 0.2) is 29.1 Å². The van der Waals surface area contributed by atoms with Gasteiger partial charge in [0.05, 0.1) is 25.3 Å². The fourth-order valence-electron chi connectivity index (χ4n) is 1.57. The monoisotopic (exact) mass is 249 g/mol. The van der Waals surface area contributed by atoms with Gasteiger partial charge in [0.1, 0.15) is 0 Å². The molecule has 2 aromatic heterocycles. The second-order valence-electron chi connectivity index (χ2n) is 3.70. The zero-order chi connectivity index (χ0) is 13.0. The number of carbonyl (C=O) groups excluding carboxylic acids is 1. The van der Waals surface area contributed by atoms with E-state index in [0.717, 1.165) is 17.8 Å². The van der Waals surface area contributed by atoms with E-state index in [4.69, 9.17) is 4.42 Å². The Bertz CT molecular complexity index is 530. The molecule has 0 atom stereocenters. The fourth-order valence-corrected chi connectivity index (χ4v) is 1.57. The van der Waals surface area contributed by atoms with E-state index < -0.39 is 5.97 Å². The minimum atomic E-state index is -0.471. The predicted molar refractivity (Wildman–Crippen MR) is 65.3 cm³/mol. The third kappa shape index (κ3) is 2.53. The van der Waals surface area contributed by atoms with Crippen LogP contribution in [0.2, 0.25) is 0 Å². The van der Waals surface area contributed by atoms with Crippen LogP contribution in [0.3, 0.4) is 0 Å². The number of esters is 1. The lowest BCUT2D eigenvalue weighted by Crippen LogP contribution is -2.06. The first-order valence-corrected chi connectivity index (χ1v) is 5.65. The summed E-state index contributed by atoms with van der Waals surface area (Å²) in [6.07, 6.45) is 5.11. The highest BCUT2D eigenvalue weighted by Crippen LogP contribution is 2.14. The minimum absolute atomic E-state index is 0.230. The number of methoxy groups -OCH3 is 1. The molecule has 96 valence electrons. The normalized spacial score (nSPS) is 10.3. The minimum Gasteiger partial charge on any atom is -0.463 e. The van der Waals surface area contributed by atoms with Crippen molar-refractivity contribution in [3.63, 3.8) is 0 Å². The lowest BCUT2D eigenvalue weighted by molar-refractivity contribution is 0.0563. The highest BCUT2D eigenvalue weighted by Gasteiger charge is 2.15. The number of aromatic nitrogens is 2. The lowest BCUT2D eigenvalue weighted by atomic mass is 10.2. The average Bonchev–Trinajstić information content (AvgIpc) is 3.03. The van der Waals surface area contributed by atoms with Gasteiger partial charge in [-0.2, -0.15) is 5.10 Å². The van der Waals surface area contributed by atoms with Gasteiger partial charge in [-0.1, -0.05) is 0 Å². The number of furan rings is 1. The third-order valence-electron chi connectivity index (χ3n) is 2.56. The van der Waals surface area contributed by atoms with Crippen molar-refractivity contribution in [1.82, 2.24) is 9.78 Å². The molecule has 0 saturated heterocycles. The van der Waals surface area contributed by atoms with Gasteiger partial charge in [0.2, 0.25) is 5.76 Å². The van der Waals surface area contributed by atoms with Crippen molar-refractivity contribution in [2.24, 2.45) is 0 Å². The zero-order valence-electron chi connectivity index (χ0n) is 10.3. The van der Waals surface area contributed by atoms with E-state index in [1.807, 2.05) is 17.8 Å². The zero-order valence-corrected chi connectivity index (χ0v) is 10.3.